The average Bonchev–Trinajstić information content (AvgIpc) is 2.52. The summed E-state index contributed by atoms with van der Waals surface area (Å²) in [6, 6.07) is 9.69. The number of benzene rings is 1. The maximum absolute atomic E-state index is 7.48. The Hall–Kier alpha value is -1.64. The first-order chi connectivity index (χ1) is 6.77. The highest BCUT2D eigenvalue weighted by Gasteiger charge is 1.92. The van der Waals surface area contributed by atoms with Gasteiger partial charge in [-0.15, -0.1) is 5.10 Å². The van der Waals surface area contributed by atoms with E-state index in [4.69, 9.17) is 2.74 Å². The minimum atomic E-state index is -0.0825. The summed E-state index contributed by atoms with van der Waals surface area (Å²) in [6.45, 7) is 0.492. The van der Waals surface area contributed by atoms with Gasteiger partial charge in [0.1, 0.15) is 0 Å². The van der Waals surface area contributed by atoms with E-state index in [1.54, 1.807) is 0 Å². The fourth-order valence-electron chi connectivity index (χ4n) is 1.01. The third-order valence-corrected chi connectivity index (χ3v) is 1.56. The van der Waals surface area contributed by atoms with E-state index in [1.807, 2.05) is 30.3 Å². The van der Waals surface area contributed by atoms with Gasteiger partial charge in [0, 0.05) is 6.17 Å². The zero-order valence-corrected chi connectivity index (χ0v) is 6.44. The minimum absolute atomic E-state index is 0.0499. The molecular weight excluding hydrogens is 150 g/mol. The molecule has 1 aromatic carbocycles. The molecule has 0 aliphatic heterocycles. The van der Waals surface area contributed by atoms with Gasteiger partial charge in [-0.05, 0) is 5.56 Å². The predicted octanol–water partition coefficient (Wildman–Crippen LogP) is 1.33. The molecule has 3 heteroatoms. The second kappa shape index (κ2) is 3.17. The summed E-state index contributed by atoms with van der Waals surface area (Å²) in [5.41, 5.74) is 1.05. The van der Waals surface area contributed by atoms with Crippen LogP contribution in [-0.2, 0) is 6.54 Å². The van der Waals surface area contributed by atoms with Crippen LogP contribution in [0.25, 0.3) is 0 Å². The topological polar surface area (TPSA) is 30.7 Å². The molecule has 0 atom stereocenters. The first-order valence-corrected chi connectivity index (χ1v) is 3.68. The number of rotatable bonds is 2. The third kappa shape index (κ3) is 1.50. The molecule has 1 aromatic heterocycles. The Bertz CT molecular complexity index is 425. The molecule has 0 unspecified atom stereocenters. The molecule has 0 aliphatic carbocycles. The van der Waals surface area contributed by atoms with Gasteiger partial charge in [-0.3, -0.25) is 0 Å². The van der Waals surface area contributed by atoms with Gasteiger partial charge >= 0.3 is 0 Å². The molecule has 0 aliphatic rings. The van der Waals surface area contributed by atoms with Gasteiger partial charge in [0.15, 0.2) is 0 Å². The summed E-state index contributed by atoms with van der Waals surface area (Å²) >= 11 is 0. The lowest BCUT2D eigenvalue weighted by atomic mass is 10.2. The minimum Gasteiger partial charge on any atom is -0.248 e. The van der Waals surface area contributed by atoms with Crippen LogP contribution in [0.5, 0.6) is 0 Å². The van der Waals surface area contributed by atoms with E-state index in [9.17, 15) is 0 Å². The van der Waals surface area contributed by atoms with Crippen LogP contribution in [0.15, 0.2) is 42.7 Å². The summed E-state index contributed by atoms with van der Waals surface area (Å²) in [5, 5.41) is 7.21. The van der Waals surface area contributed by atoms with E-state index >= 15 is 0 Å². The molecule has 2 rings (SSSR count). The Balaban J connectivity index is 2.23. The number of nitrogens with zero attached hydrogens (tertiary/aromatic N) is 3. The Morgan fingerprint density at radius 3 is 2.83 bits per heavy atom. The van der Waals surface area contributed by atoms with Crippen molar-refractivity contribution in [2.24, 2.45) is 0 Å². The van der Waals surface area contributed by atoms with Crippen molar-refractivity contribution in [3.63, 3.8) is 0 Å². The first kappa shape index (κ1) is 5.09. The molecule has 0 N–H and O–H groups in total. The molecule has 60 valence electrons. The maximum atomic E-state index is 7.48. The van der Waals surface area contributed by atoms with Crippen molar-refractivity contribution < 1.29 is 2.74 Å². The van der Waals surface area contributed by atoms with Crippen LogP contribution in [0.1, 0.15) is 8.30 Å². The molecule has 1 heterocycles. The SMILES string of the molecule is [2H]c1nnn(Cc2ccccc2)c1[2H]. The lowest BCUT2D eigenvalue weighted by Gasteiger charge is -1.98. The molecule has 0 fully saturated rings. The quantitative estimate of drug-likeness (QED) is 0.665. The van der Waals surface area contributed by atoms with Crippen LogP contribution >= 0.6 is 0 Å². The summed E-state index contributed by atoms with van der Waals surface area (Å²) < 4.78 is 16.1. The third-order valence-electron chi connectivity index (χ3n) is 1.56. The Labute approximate surface area is 73.5 Å². The number of aromatic nitrogens is 3. The lowest BCUT2D eigenvalue weighted by molar-refractivity contribution is 0.649. The second-order valence-electron chi connectivity index (χ2n) is 2.46. The molecule has 0 saturated heterocycles. The zero-order chi connectivity index (χ0) is 9.97. The standard InChI is InChI=1S/C9H9N3/c1-2-4-9(5-3-1)8-12-7-6-10-11-12/h1-7H,8H2/i6D,7D. The van der Waals surface area contributed by atoms with Gasteiger partial charge < -0.3 is 0 Å². The van der Waals surface area contributed by atoms with E-state index in [-0.39, 0.29) is 12.3 Å². The average molecular weight is 161 g/mol. The highest BCUT2D eigenvalue weighted by molar-refractivity contribution is 5.14. The van der Waals surface area contributed by atoms with Gasteiger partial charge in [0.25, 0.3) is 0 Å². The normalized spacial score (nSPS) is 12.3. The van der Waals surface area contributed by atoms with Crippen LogP contribution < -0.4 is 0 Å². The van der Waals surface area contributed by atoms with Crippen molar-refractivity contribution in [1.82, 2.24) is 15.0 Å². The van der Waals surface area contributed by atoms with E-state index < -0.39 is 0 Å². The fraction of sp³-hybridized carbons (Fsp3) is 0.111. The summed E-state index contributed by atoms with van der Waals surface area (Å²) in [6.07, 6.45) is -0.0326. The molecular formula is C9H9N3. The Morgan fingerprint density at radius 2 is 2.17 bits per heavy atom. The van der Waals surface area contributed by atoms with Crippen molar-refractivity contribution in [2.75, 3.05) is 0 Å². The van der Waals surface area contributed by atoms with Crippen LogP contribution in [0.2, 0.25) is 0 Å². The lowest BCUT2D eigenvalue weighted by Crippen LogP contribution is -1.99. The molecule has 0 saturated carbocycles. The van der Waals surface area contributed by atoms with Crippen LogP contribution in [0.4, 0.5) is 0 Å². The highest BCUT2D eigenvalue weighted by Crippen LogP contribution is 1.99. The van der Waals surface area contributed by atoms with Crippen LogP contribution in [-0.4, -0.2) is 15.0 Å². The van der Waals surface area contributed by atoms with Gasteiger partial charge in [-0.25, -0.2) is 4.68 Å². The number of hydrogen-bond acceptors (Lipinski definition) is 2. The fourth-order valence-corrected chi connectivity index (χ4v) is 1.01. The van der Waals surface area contributed by atoms with Crippen molar-refractivity contribution in [2.45, 2.75) is 6.54 Å². The molecule has 2 aromatic rings. The first-order valence-electron chi connectivity index (χ1n) is 4.68. The van der Waals surface area contributed by atoms with Gasteiger partial charge in [0.05, 0.1) is 15.5 Å². The summed E-state index contributed by atoms with van der Waals surface area (Å²) in [4.78, 5) is 0. The Morgan fingerprint density at radius 1 is 1.33 bits per heavy atom. The monoisotopic (exact) mass is 161 g/mol. The van der Waals surface area contributed by atoms with Gasteiger partial charge in [-0.2, -0.15) is 0 Å². The molecule has 0 radical (unpaired) electrons. The molecule has 12 heavy (non-hydrogen) atoms. The summed E-state index contributed by atoms with van der Waals surface area (Å²) in [7, 11) is 0. The Kier molecular flexibility index (Phi) is 1.34. The van der Waals surface area contributed by atoms with E-state index in [2.05, 4.69) is 10.3 Å². The van der Waals surface area contributed by atoms with Crippen molar-refractivity contribution in [1.29, 1.82) is 0 Å². The predicted molar refractivity (Wildman–Crippen MR) is 45.6 cm³/mol. The summed E-state index contributed by atoms with van der Waals surface area (Å²) in [5.74, 6) is 0. The molecule has 0 bridgehead atoms. The largest absolute Gasteiger partial charge is 0.248 e. The molecule has 3 nitrogen and oxygen atoms in total. The van der Waals surface area contributed by atoms with Gasteiger partial charge in [-0.1, -0.05) is 35.5 Å². The maximum Gasteiger partial charge on any atom is 0.0877 e. The van der Waals surface area contributed by atoms with Crippen LogP contribution in [0, 0.1) is 0 Å². The molecule has 0 spiro atoms. The van der Waals surface area contributed by atoms with E-state index in [1.165, 1.54) is 4.68 Å². The van der Waals surface area contributed by atoms with E-state index in [0.29, 0.717) is 6.54 Å². The second-order valence-corrected chi connectivity index (χ2v) is 2.46. The van der Waals surface area contributed by atoms with E-state index in [0.717, 1.165) is 5.56 Å². The smallest absolute Gasteiger partial charge is 0.0877 e. The van der Waals surface area contributed by atoms with Crippen molar-refractivity contribution >= 4 is 0 Å². The van der Waals surface area contributed by atoms with Crippen molar-refractivity contribution in [3.05, 3.63) is 48.2 Å². The highest BCUT2D eigenvalue weighted by atomic mass is 15.4. The van der Waals surface area contributed by atoms with Gasteiger partial charge in [0.2, 0.25) is 0 Å². The number of hydrogen-bond donors (Lipinski definition) is 0. The van der Waals surface area contributed by atoms with Crippen molar-refractivity contribution in [3.8, 4) is 0 Å². The zero-order valence-electron chi connectivity index (χ0n) is 8.44. The molecule has 0 amide bonds. The van der Waals surface area contributed by atoms with Crippen LogP contribution in [0.3, 0.4) is 0 Å².